The summed E-state index contributed by atoms with van der Waals surface area (Å²) in [5.41, 5.74) is 1.95. The minimum absolute atomic E-state index is 0.0931. The summed E-state index contributed by atoms with van der Waals surface area (Å²) in [6, 6.07) is 16.7. The lowest BCUT2D eigenvalue weighted by molar-refractivity contribution is -0.115. The highest BCUT2D eigenvalue weighted by Crippen LogP contribution is 2.16. The second-order valence-corrected chi connectivity index (χ2v) is 5.54. The summed E-state index contributed by atoms with van der Waals surface area (Å²) in [5.74, 6) is -0.310. The first kappa shape index (κ1) is 16.7. The molecule has 2 rings (SSSR count). The van der Waals surface area contributed by atoms with Gasteiger partial charge in [-0.15, -0.1) is 0 Å². The van der Waals surface area contributed by atoms with Crippen LogP contribution in [0, 0.1) is 0 Å². The molecule has 2 amide bonds. The average Bonchev–Trinajstić information content (AvgIpc) is 2.56. The van der Waals surface area contributed by atoms with Crippen molar-refractivity contribution in [2.45, 2.75) is 32.7 Å². The molecule has 0 spiro atoms. The molecule has 23 heavy (non-hydrogen) atoms. The Kier molecular flexibility index (Phi) is 5.92. The predicted octanol–water partition coefficient (Wildman–Crippen LogP) is 3.40. The molecule has 0 fully saturated rings. The van der Waals surface area contributed by atoms with E-state index in [1.807, 2.05) is 44.2 Å². The Hall–Kier alpha value is -2.62. The van der Waals surface area contributed by atoms with E-state index in [4.69, 9.17) is 0 Å². The first-order valence-electron chi connectivity index (χ1n) is 7.83. The van der Waals surface area contributed by atoms with Crippen LogP contribution in [0.4, 0.5) is 5.69 Å². The Labute approximate surface area is 136 Å². The van der Waals surface area contributed by atoms with Crippen LogP contribution >= 0.6 is 0 Å². The van der Waals surface area contributed by atoms with E-state index in [2.05, 4.69) is 10.6 Å². The van der Waals surface area contributed by atoms with Crippen molar-refractivity contribution < 1.29 is 9.59 Å². The summed E-state index contributed by atoms with van der Waals surface area (Å²) in [5, 5.41) is 5.75. The molecule has 0 aromatic heterocycles. The molecule has 1 unspecified atom stereocenters. The SMILES string of the molecule is CCC(C)NC(=O)c1ccccc1NC(=O)Cc1ccccc1. The van der Waals surface area contributed by atoms with E-state index >= 15 is 0 Å². The van der Waals surface area contributed by atoms with Gasteiger partial charge in [0, 0.05) is 6.04 Å². The Morgan fingerprint density at radius 1 is 1.00 bits per heavy atom. The molecule has 120 valence electrons. The van der Waals surface area contributed by atoms with Gasteiger partial charge in [0.05, 0.1) is 17.7 Å². The second kappa shape index (κ2) is 8.13. The number of hydrogen-bond donors (Lipinski definition) is 2. The number of nitrogens with one attached hydrogen (secondary N) is 2. The highest BCUT2D eigenvalue weighted by Gasteiger charge is 2.14. The molecule has 4 nitrogen and oxygen atoms in total. The van der Waals surface area contributed by atoms with Crippen LogP contribution in [0.1, 0.15) is 36.2 Å². The lowest BCUT2D eigenvalue weighted by Gasteiger charge is -2.14. The molecule has 2 aromatic carbocycles. The van der Waals surface area contributed by atoms with Crippen LogP contribution in [0.5, 0.6) is 0 Å². The normalized spacial score (nSPS) is 11.6. The van der Waals surface area contributed by atoms with E-state index in [0.717, 1.165) is 12.0 Å². The van der Waals surface area contributed by atoms with Crippen molar-refractivity contribution in [2.75, 3.05) is 5.32 Å². The van der Waals surface area contributed by atoms with Crippen molar-refractivity contribution in [2.24, 2.45) is 0 Å². The molecule has 0 saturated carbocycles. The van der Waals surface area contributed by atoms with Gasteiger partial charge in [-0.25, -0.2) is 0 Å². The first-order chi connectivity index (χ1) is 11.1. The van der Waals surface area contributed by atoms with Crippen molar-refractivity contribution in [1.82, 2.24) is 5.32 Å². The third-order valence-electron chi connectivity index (χ3n) is 3.64. The highest BCUT2D eigenvalue weighted by atomic mass is 16.2. The number of amides is 2. The minimum atomic E-state index is -0.171. The largest absolute Gasteiger partial charge is 0.350 e. The van der Waals surface area contributed by atoms with Crippen LogP contribution in [-0.4, -0.2) is 17.9 Å². The van der Waals surface area contributed by atoms with Gasteiger partial charge in [0.15, 0.2) is 0 Å². The second-order valence-electron chi connectivity index (χ2n) is 5.54. The van der Waals surface area contributed by atoms with Gasteiger partial charge in [0.25, 0.3) is 5.91 Å². The summed E-state index contributed by atoms with van der Waals surface area (Å²) in [6.45, 7) is 3.97. The zero-order chi connectivity index (χ0) is 16.7. The molecule has 2 N–H and O–H groups in total. The van der Waals surface area contributed by atoms with E-state index in [-0.39, 0.29) is 24.3 Å². The predicted molar refractivity (Wildman–Crippen MR) is 92.4 cm³/mol. The number of carbonyl (C=O) groups is 2. The molecular weight excluding hydrogens is 288 g/mol. The number of hydrogen-bond acceptors (Lipinski definition) is 2. The number of anilines is 1. The standard InChI is InChI=1S/C19H22N2O2/c1-3-14(2)20-19(23)16-11-7-8-12-17(16)21-18(22)13-15-9-5-4-6-10-15/h4-12,14H,3,13H2,1-2H3,(H,20,23)(H,21,22). The number of benzene rings is 2. The maximum absolute atomic E-state index is 12.3. The van der Waals surface area contributed by atoms with Gasteiger partial charge >= 0.3 is 0 Å². The topological polar surface area (TPSA) is 58.2 Å². The number of rotatable bonds is 6. The van der Waals surface area contributed by atoms with E-state index in [1.54, 1.807) is 24.3 Å². The van der Waals surface area contributed by atoms with Gasteiger partial charge in [0.2, 0.25) is 5.91 Å². The molecule has 0 saturated heterocycles. The Morgan fingerprint density at radius 3 is 2.35 bits per heavy atom. The Balaban J connectivity index is 2.08. The van der Waals surface area contributed by atoms with E-state index in [1.165, 1.54) is 0 Å². The fourth-order valence-electron chi connectivity index (χ4n) is 2.17. The minimum Gasteiger partial charge on any atom is -0.350 e. The van der Waals surface area contributed by atoms with E-state index in [9.17, 15) is 9.59 Å². The summed E-state index contributed by atoms with van der Waals surface area (Å²) >= 11 is 0. The van der Waals surface area contributed by atoms with Crippen molar-refractivity contribution >= 4 is 17.5 Å². The zero-order valence-electron chi connectivity index (χ0n) is 13.5. The molecule has 2 aromatic rings. The molecule has 4 heteroatoms. The zero-order valence-corrected chi connectivity index (χ0v) is 13.5. The summed E-state index contributed by atoms with van der Waals surface area (Å²) in [4.78, 5) is 24.5. The lowest BCUT2D eigenvalue weighted by atomic mass is 10.1. The molecule has 0 bridgehead atoms. The van der Waals surface area contributed by atoms with Gasteiger partial charge in [-0.3, -0.25) is 9.59 Å². The third-order valence-corrected chi connectivity index (χ3v) is 3.64. The fraction of sp³-hybridized carbons (Fsp3) is 0.263. The molecule has 0 aliphatic rings. The van der Waals surface area contributed by atoms with Crippen molar-refractivity contribution in [1.29, 1.82) is 0 Å². The van der Waals surface area contributed by atoms with Gasteiger partial charge in [-0.2, -0.15) is 0 Å². The monoisotopic (exact) mass is 310 g/mol. The van der Waals surface area contributed by atoms with Crippen molar-refractivity contribution in [3.05, 3.63) is 65.7 Å². The lowest BCUT2D eigenvalue weighted by Crippen LogP contribution is -2.32. The molecular formula is C19H22N2O2. The van der Waals surface area contributed by atoms with Crippen LogP contribution in [0.15, 0.2) is 54.6 Å². The molecule has 0 aliphatic carbocycles. The van der Waals surface area contributed by atoms with Gasteiger partial charge in [0.1, 0.15) is 0 Å². The molecule has 0 radical (unpaired) electrons. The number of para-hydroxylation sites is 1. The van der Waals surface area contributed by atoms with Crippen LogP contribution in [0.2, 0.25) is 0 Å². The number of carbonyl (C=O) groups excluding carboxylic acids is 2. The highest BCUT2D eigenvalue weighted by molar-refractivity contribution is 6.04. The quantitative estimate of drug-likeness (QED) is 0.859. The first-order valence-corrected chi connectivity index (χ1v) is 7.83. The maximum atomic E-state index is 12.3. The van der Waals surface area contributed by atoms with Gasteiger partial charge < -0.3 is 10.6 Å². The van der Waals surface area contributed by atoms with Crippen LogP contribution in [0.3, 0.4) is 0 Å². The fourth-order valence-corrected chi connectivity index (χ4v) is 2.17. The van der Waals surface area contributed by atoms with Crippen molar-refractivity contribution in [3.63, 3.8) is 0 Å². The third kappa shape index (κ3) is 4.95. The smallest absolute Gasteiger partial charge is 0.253 e. The average molecular weight is 310 g/mol. The molecule has 0 aliphatic heterocycles. The van der Waals surface area contributed by atoms with E-state index < -0.39 is 0 Å². The summed E-state index contributed by atoms with van der Waals surface area (Å²) < 4.78 is 0. The summed E-state index contributed by atoms with van der Waals surface area (Å²) in [7, 11) is 0. The Bertz CT molecular complexity index is 668. The van der Waals surface area contributed by atoms with Crippen LogP contribution < -0.4 is 10.6 Å². The molecule has 0 heterocycles. The molecule has 1 atom stereocenters. The van der Waals surface area contributed by atoms with Crippen molar-refractivity contribution in [3.8, 4) is 0 Å². The van der Waals surface area contributed by atoms with Crippen LogP contribution in [0.25, 0.3) is 0 Å². The van der Waals surface area contributed by atoms with Crippen LogP contribution in [-0.2, 0) is 11.2 Å². The van der Waals surface area contributed by atoms with E-state index in [0.29, 0.717) is 11.3 Å². The van der Waals surface area contributed by atoms with Gasteiger partial charge in [-0.05, 0) is 31.0 Å². The summed E-state index contributed by atoms with van der Waals surface area (Å²) in [6.07, 6.45) is 1.14. The maximum Gasteiger partial charge on any atom is 0.253 e. The Morgan fingerprint density at radius 2 is 1.65 bits per heavy atom. The van der Waals surface area contributed by atoms with Gasteiger partial charge in [-0.1, -0.05) is 49.4 Å².